The van der Waals surface area contributed by atoms with Crippen LogP contribution in [0.3, 0.4) is 0 Å². The fraction of sp³-hybridized carbons (Fsp3) is 0.636. The van der Waals surface area contributed by atoms with Gasteiger partial charge in [-0.1, -0.05) is 13.8 Å². The van der Waals surface area contributed by atoms with E-state index in [2.05, 4.69) is 15.4 Å². The number of aromatic nitrogens is 2. The number of nitrogens with one attached hydrogen (secondary N) is 1. The highest BCUT2D eigenvalue weighted by Crippen LogP contribution is 2.32. The van der Waals surface area contributed by atoms with Crippen LogP contribution in [0.5, 0.6) is 0 Å². The summed E-state index contributed by atoms with van der Waals surface area (Å²) < 4.78 is 26.3. The number of anilines is 1. The molecule has 4 N–H and O–H groups in total. The molecule has 0 aliphatic carbocycles. The second-order valence-electron chi connectivity index (χ2n) is 5.52. The van der Waals surface area contributed by atoms with E-state index in [1.165, 1.54) is 16.7 Å². The van der Waals surface area contributed by atoms with Gasteiger partial charge in [-0.25, -0.2) is 24.2 Å². The largest absolute Gasteiger partial charge is 0.392 e. The minimum Gasteiger partial charge on any atom is -0.392 e. The lowest BCUT2D eigenvalue weighted by Crippen LogP contribution is -2.50. The summed E-state index contributed by atoms with van der Waals surface area (Å²) >= 11 is 0. The number of hydrogen-bond acceptors (Lipinski definition) is 7. The van der Waals surface area contributed by atoms with E-state index in [1.807, 2.05) is 13.8 Å². The highest BCUT2D eigenvalue weighted by atomic mass is 32.2. The maximum atomic E-state index is 12.5. The van der Waals surface area contributed by atoms with Crippen molar-refractivity contribution >= 4 is 16.0 Å². The molecular weight excluding hydrogens is 282 g/mol. The van der Waals surface area contributed by atoms with E-state index in [-0.39, 0.29) is 23.9 Å². The summed E-state index contributed by atoms with van der Waals surface area (Å²) in [5, 5.41) is 9.89. The molecule has 0 aromatic carbocycles. The number of rotatable bonds is 3. The summed E-state index contributed by atoms with van der Waals surface area (Å²) in [5.41, 5.74) is 1.76. The van der Waals surface area contributed by atoms with Gasteiger partial charge in [0.15, 0.2) is 0 Å². The fourth-order valence-electron chi connectivity index (χ4n) is 2.17. The maximum Gasteiger partial charge on any atom is 0.246 e. The third-order valence-corrected chi connectivity index (χ3v) is 5.33. The van der Waals surface area contributed by atoms with Gasteiger partial charge < -0.3 is 5.11 Å². The minimum atomic E-state index is -3.65. The summed E-state index contributed by atoms with van der Waals surface area (Å²) in [6.07, 6.45) is 2.34. The Kier molecular flexibility index (Phi) is 3.96. The van der Waals surface area contributed by atoms with Gasteiger partial charge in [0.2, 0.25) is 16.0 Å². The molecule has 8 nitrogen and oxygen atoms in total. The van der Waals surface area contributed by atoms with Crippen LogP contribution in [0.4, 0.5) is 5.95 Å². The number of hydrazine groups is 1. The van der Waals surface area contributed by atoms with Crippen molar-refractivity contribution in [1.29, 1.82) is 0 Å². The Morgan fingerprint density at radius 3 is 2.55 bits per heavy atom. The predicted molar refractivity (Wildman–Crippen MR) is 73.0 cm³/mol. The molecule has 9 heteroatoms. The van der Waals surface area contributed by atoms with Gasteiger partial charge >= 0.3 is 0 Å². The summed E-state index contributed by atoms with van der Waals surface area (Å²) in [6, 6.07) is 0. The van der Waals surface area contributed by atoms with E-state index in [4.69, 9.17) is 5.84 Å². The molecule has 1 aliphatic rings. The van der Waals surface area contributed by atoms with Crippen LogP contribution in [-0.2, 0) is 10.0 Å². The Labute approximate surface area is 118 Å². The number of aliphatic hydroxyl groups excluding tert-OH is 1. The number of nitrogen functional groups attached to an aromatic ring is 1. The predicted octanol–water partition coefficient (Wildman–Crippen LogP) is -0.456. The Morgan fingerprint density at radius 2 is 2.05 bits per heavy atom. The quantitative estimate of drug-likeness (QED) is 0.510. The summed E-state index contributed by atoms with van der Waals surface area (Å²) in [7, 11) is -3.65. The van der Waals surface area contributed by atoms with Crippen molar-refractivity contribution in [2.45, 2.75) is 31.3 Å². The van der Waals surface area contributed by atoms with E-state index >= 15 is 0 Å². The third kappa shape index (κ3) is 2.75. The molecule has 1 aliphatic heterocycles. The fourth-order valence-corrected chi connectivity index (χ4v) is 3.69. The average Bonchev–Trinajstić information content (AvgIpc) is 2.41. The molecule has 0 saturated carbocycles. The molecule has 1 unspecified atom stereocenters. The number of piperidine rings is 1. The molecule has 0 bridgehead atoms. The molecule has 2 heterocycles. The van der Waals surface area contributed by atoms with Crippen LogP contribution in [0, 0.1) is 5.41 Å². The second kappa shape index (κ2) is 5.24. The molecule has 1 aromatic rings. The van der Waals surface area contributed by atoms with Crippen LogP contribution >= 0.6 is 0 Å². The first-order valence-electron chi connectivity index (χ1n) is 6.24. The normalized spacial score (nSPS) is 23.5. The lowest BCUT2D eigenvalue weighted by molar-refractivity contribution is -0.000320. The van der Waals surface area contributed by atoms with Gasteiger partial charge in [-0.3, -0.25) is 5.43 Å². The highest BCUT2D eigenvalue weighted by molar-refractivity contribution is 7.89. The van der Waals surface area contributed by atoms with Gasteiger partial charge in [0.05, 0.1) is 18.5 Å². The monoisotopic (exact) mass is 301 g/mol. The Bertz CT molecular complexity index is 572. The van der Waals surface area contributed by atoms with Crippen molar-refractivity contribution in [3.63, 3.8) is 0 Å². The summed E-state index contributed by atoms with van der Waals surface area (Å²) in [4.78, 5) is 7.63. The SMILES string of the molecule is CC1(C)CN(S(=O)(=O)c2cnc(NN)nc2)CCC1O. The first-order valence-corrected chi connectivity index (χ1v) is 7.68. The molecule has 0 spiro atoms. The summed E-state index contributed by atoms with van der Waals surface area (Å²) in [6.45, 7) is 4.23. The summed E-state index contributed by atoms with van der Waals surface area (Å²) in [5.74, 6) is 5.29. The van der Waals surface area contributed by atoms with Gasteiger partial charge in [0.25, 0.3) is 0 Å². The molecule has 1 aromatic heterocycles. The third-order valence-electron chi connectivity index (χ3n) is 3.53. The van der Waals surface area contributed by atoms with Crippen molar-refractivity contribution < 1.29 is 13.5 Å². The topological polar surface area (TPSA) is 121 Å². The van der Waals surface area contributed by atoms with Crippen LogP contribution in [0.15, 0.2) is 17.3 Å². The molecule has 112 valence electrons. The highest BCUT2D eigenvalue weighted by Gasteiger charge is 2.39. The van der Waals surface area contributed by atoms with Gasteiger partial charge in [0, 0.05) is 18.5 Å². The van der Waals surface area contributed by atoms with Crippen LogP contribution in [0.2, 0.25) is 0 Å². The molecule has 1 atom stereocenters. The van der Waals surface area contributed by atoms with E-state index in [0.29, 0.717) is 6.42 Å². The van der Waals surface area contributed by atoms with Crippen LogP contribution in [0.1, 0.15) is 20.3 Å². The Morgan fingerprint density at radius 1 is 1.45 bits per heavy atom. The lowest BCUT2D eigenvalue weighted by Gasteiger charge is -2.40. The van der Waals surface area contributed by atoms with Gasteiger partial charge in [0.1, 0.15) is 4.90 Å². The van der Waals surface area contributed by atoms with E-state index in [9.17, 15) is 13.5 Å². The van der Waals surface area contributed by atoms with Crippen molar-refractivity contribution in [2.75, 3.05) is 18.5 Å². The second-order valence-corrected chi connectivity index (χ2v) is 7.46. The van der Waals surface area contributed by atoms with E-state index < -0.39 is 21.5 Å². The minimum absolute atomic E-state index is 0.0173. The van der Waals surface area contributed by atoms with Crippen molar-refractivity contribution in [2.24, 2.45) is 11.3 Å². The van der Waals surface area contributed by atoms with Crippen molar-refractivity contribution in [1.82, 2.24) is 14.3 Å². The number of nitrogens with two attached hydrogens (primary N) is 1. The standard InChI is InChI=1S/C11H19N5O3S/c1-11(2)7-16(4-3-9(11)17)20(18,19)8-5-13-10(15-12)14-6-8/h5-6,9,17H,3-4,7,12H2,1-2H3,(H,13,14,15). The van der Waals surface area contributed by atoms with Crippen LogP contribution in [0.25, 0.3) is 0 Å². The average molecular weight is 301 g/mol. The van der Waals surface area contributed by atoms with E-state index in [1.54, 1.807) is 0 Å². The maximum absolute atomic E-state index is 12.5. The number of aliphatic hydroxyl groups is 1. The molecule has 0 amide bonds. The molecule has 20 heavy (non-hydrogen) atoms. The Hall–Kier alpha value is -1.29. The lowest BCUT2D eigenvalue weighted by atomic mass is 9.82. The zero-order chi connectivity index (χ0) is 15.0. The molecule has 1 saturated heterocycles. The van der Waals surface area contributed by atoms with Gasteiger partial charge in [-0.15, -0.1) is 0 Å². The van der Waals surface area contributed by atoms with E-state index in [0.717, 1.165) is 0 Å². The number of nitrogens with zero attached hydrogens (tertiary/aromatic N) is 3. The van der Waals surface area contributed by atoms with Gasteiger partial charge in [-0.2, -0.15) is 4.31 Å². The van der Waals surface area contributed by atoms with Crippen molar-refractivity contribution in [3.05, 3.63) is 12.4 Å². The van der Waals surface area contributed by atoms with Gasteiger partial charge in [-0.05, 0) is 6.42 Å². The number of sulfonamides is 1. The van der Waals surface area contributed by atoms with Crippen LogP contribution < -0.4 is 11.3 Å². The zero-order valence-corrected chi connectivity index (χ0v) is 12.3. The first-order chi connectivity index (χ1) is 9.27. The molecule has 2 rings (SSSR count). The van der Waals surface area contributed by atoms with Crippen LogP contribution in [-0.4, -0.2) is 47.0 Å². The smallest absolute Gasteiger partial charge is 0.246 e. The number of hydrogen-bond donors (Lipinski definition) is 3. The molecule has 1 fully saturated rings. The Balaban J connectivity index is 2.26. The molecule has 0 radical (unpaired) electrons. The zero-order valence-electron chi connectivity index (χ0n) is 11.4. The first kappa shape index (κ1) is 15.1. The van der Waals surface area contributed by atoms with Crippen molar-refractivity contribution in [3.8, 4) is 0 Å². The molecular formula is C11H19N5O3S.